The third-order valence-corrected chi connectivity index (χ3v) is 3.72. The molecule has 0 bridgehead atoms. The number of nitrogens with zero attached hydrogens (tertiary/aromatic N) is 1. The average molecular weight is 286 g/mol. The molecule has 1 N–H and O–H groups in total. The van der Waals surface area contributed by atoms with Gasteiger partial charge in [0.05, 0.1) is 16.8 Å². The van der Waals surface area contributed by atoms with Gasteiger partial charge >= 0.3 is 5.97 Å². The highest BCUT2D eigenvalue weighted by Gasteiger charge is 2.22. The van der Waals surface area contributed by atoms with Gasteiger partial charge in [0.1, 0.15) is 0 Å². The lowest BCUT2D eigenvalue weighted by Gasteiger charge is -2.12. The van der Waals surface area contributed by atoms with Crippen LogP contribution in [0.3, 0.4) is 0 Å². The molecule has 1 heterocycles. The van der Waals surface area contributed by atoms with Crippen LogP contribution in [0.25, 0.3) is 0 Å². The fraction of sp³-hybridized carbons (Fsp3) is 0.100. The van der Waals surface area contributed by atoms with Gasteiger partial charge in [0.15, 0.2) is 0 Å². The van der Waals surface area contributed by atoms with Crippen molar-refractivity contribution in [2.24, 2.45) is 0 Å². The second kappa shape index (κ2) is 3.90. The average Bonchev–Trinajstić information content (AvgIpc) is 2.42. The van der Waals surface area contributed by atoms with Gasteiger partial charge in [-0.05, 0) is 18.2 Å². The van der Waals surface area contributed by atoms with Crippen molar-refractivity contribution < 1.29 is 9.90 Å². The van der Waals surface area contributed by atoms with E-state index in [4.69, 9.17) is 5.11 Å². The minimum absolute atomic E-state index is 0.732. The molecule has 0 aromatic heterocycles. The Kier molecular flexibility index (Phi) is 2.75. The third-order valence-electron chi connectivity index (χ3n) is 2.08. The second-order valence-corrected chi connectivity index (χ2v) is 5.07. The van der Waals surface area contributed by atoms with Crippen LogP contribution in [0.15, 0.2) is 38.7 Å². The number of carbonyl (C=O) groups is 1. The Labute approximate surface area is 99.9 Å². The van der Waals surface area contributed by atoms with Gasteiger partial charge in [-0.15, -0.1) is 0 Å². The van der Waals surface area contributed by atoms with Crippen LogP contribution in [-0.4, -0.2) is 18.1 Å². The minimum atomic E-state index is -0.920. The molecular formula is C10H8BrNO2S. The lowest BCUT2D eigenvalue weighted by atomic mass is 10.3. The Morgan fingerprint density at radius 3 is 3.00 bits per heavy atom. The topological polar surface area (TPSA) is 40.5 Å². The minimum Gasteiger partial charge on any atom is -0.478 e. The van der Waals surface area contributed by atoms with Crippen LogP contribution in [0, 0.1) is 0 Å². The number of anilines is 1. The van der Waals surface area contributed by atoms with E-state index in [-0.39, 0.29) is 0 Å². The van der Waals surface area contributed by atoms with Crippen LogP contribution in [-0.2, 0) is 4.79 Å². The molecule has 2 rings (SSSR count). The molecule has 0 spiro atoms. The first-order chi connectivity index (χ1) is 7.08. The Morgan fingerprint density at radius 1 is 1.60 bits per heavy atom. The molecule has 0 saturated carbocycles. The first kappa shape index (κ1) is 10.6. The number of carboxylic acids is 1. The van der Waals surface area contributed by atoms with Crippen molar-refractivity contribution in [1.82, 2.24) is 0 Å². The van der Waals surface area contributed by atoms with Gasteiger partial charge in [0.2, 0.25) is 0 Å². The van der Waals surface area contributed by atoms with Crippen LogP contribution < -0.4 is 4.90 Å². The zero-order valence-electron chi connectivity index (χ0n) is 7.90. The molecule has 5 heteroatoms. The summed E-state index contributed by atoms with van der Waals surface area (Å²) in [5.41, 5.74) is 1.04. The van der Waals surface area contributed by atoms with Crippen LogP contribution in [0.1, 0.15) is 0 Å². The van der Waals surface area contributed by atoms with Gasteiger partial charge in [0, 0.05) is 16.4 Å². The van der Waals surface area contributed by atoms with Gasteiger partial charge in [-0.2, -0.15) is 0 Å². The molecule has 0 fully saturated rings. The van der Waals surface area contributed by atoms with Gasteiger partial charge in [-0.3, -0.25) is 0 Å². The smallest absolute Gasteiger partial charge is 0.330 e. The van der Waals surface area contributed by atoms with Crippen molar-refractivity contribution in [2.45, 2.75) is 4.90 Å². The lowest BCUT2D eigenvalue weighted by molar-refractivity contribution is -0.131. The number of aliphatic carboxylic acids is 1. The molecule has 3 nitrogen and oxygen atoms in total. The second-order valence-electron chi connectivity index (χ2n) is 3.09. The predicted octanol–water partition coefficient (Wildman–Crippen LogP) is 2.92. The van der Waals surface area contributed by atoms with Crippen molar-refractivity contribution in [1.29, 1.82) is 0 Å². The van der Waals surface area contributed by atoms with E-state index in [0.29, 0.717) is 0 Å². The van der Waals surface area contributed by atoms with Crippen LogP contribution in [0.5, 0.6) is 0 Å². The molecule has 1 aliphatic heterocycles. The highest BCUT2D eigenvalue weighted by atomic mass is 79.9. The maximum Gasteiger partial charge on any atom is 0.330 e. The summed E-state index contributed by atoms with van der Waals surface area (Å²) in [7, 11) is 1.86. The highest BCUT2D eigenvalue weighted by Crippen LogP contribution is 2.45. The van der Waals surface area contributed by atoms with Crippen molar-refractivity contribution in [3.8, 4) is 0 Å². The Morgan fingerprint density at radius 2 is 2.33 bits per heavy atom. The summed E-state index contributed by atoms with van der Waals surface area (Å²) in [4.78, 5) is 13.5. The largest absolute Gasteiger partial charge is 0.478 e. The molecule has 78 valence electrons. The molecule has 0 unspecified atom stereocenters. The van der Waals surface area contributed by atoms with Crippen LogP contribution >= 0.6 is 27.7 Å². The van der Waals surface area contributed by atoms with E-state index in [1.807, 2.05) is 30.1 Å². The fourth-order valence-corrected chi connectivity index (χ4v) is 3.01. The first-order valence-electron chi connectivity index (χ1n) is 4.23. The maximum absolute atomic E-state index is 10.6. The van der Waals surface area contributed by atoms with Crippen LogP contribution in [0.4, 0.5) is 5.69 Å². The molecule has 0 radical (unpaired) electrons. The van der Waals surface area contributed by atoms with Crippen LogP contribution in [0.2, 0.25) is 0 Å². The standard InChI is InChI=1S/C10H8BrNO2S/c1-12-7-3-2-6(11)4-8(7)15-9(12)5-10(13)14/h2-5H,1H3,(H,13,14). The van der Waals surface area contributed by atoms with Gasteiger partial charge < -0.3 is 10.0 Å². The molecule has 0 saturated heterocycles. The van der Waals surface area contributed by atoms with Crippen molar-refractivity contribution in [3.05, 3.63) is 33.8 Å². The van der Waals surface area contributed by atoms with Crippen molar-refractivity contribution in [3.63, 3.8) is 0 Å². The molecule has 0 atom stereocenters. The normalized spacial score (nSPS) is 16.9. The third kappa shape index (κ3) is 2.03. The number of thioether (sulfide) groups is 1. The molecule has 1 aliphatic rings. The van der Waals surface area contributed by atoms with E-state index in [0.717, 1.165) is 20.1 Å². The van der Waals surface area contributed by atoms with Crippen molar-refractivity contribution in [2.75, 3.05) is 11.9 Å². The van der Waals surface area contributed by atoms with Gasteiger partial charge in [0.25, 0.3) is 0 Å². The summed E-state index contributed by atoms with van der Waals surface area (Å²) < 4.78 is 0.999. The lowest BCUT2D eigenvalue weighted by Crippen LogP contribution is -2.10. The quantitative estimate of drug-likeness (QED) is 0.806. The van der Waals surface area contributed by atoms with Crippen molar-refractivity contribution >= 4 is 39.3 Å². The number of rotatable bonds is 1. The Hall–Kier alpha value is -0.940. The number of hydrogen-bond acceptors (Lipinski definition) is 3. The molecular weight excluding hydrogens is 278 g/mol. The number of carboxylic acid groups (broad SMARTS) is 1. The van der Waals surface area contributed by atoms with Gasteiger partial charge in [-0.1, -0.05) is 27.7 Å². The van der Waals surface area contributed by atoms with E-state index in [2.05, 4.69) is 15.9 Å². The monoisotopic (exact) mass is 285 g/mol. The summed E-state index contributed by atoms with van der Waals surface area (Å²) in [5.74, 6) is -0.920. The maximum atomic E-state index is 10.6. The first-order valence-corrected chi connectivity index (χ1v) is 5.84. The van der Waals surface area contributed by atoms with Gasteiger partial charge in [-0.25, -0.2) is 4.79 Å². The zero-order chi connectivity index (χ0) is 11.0. The summed E-state index contributed by atoms with van der Waals surface area (Å²) in [5, 5.41) is 9.43. The van der Waals surface area contributed by atoms with E-state index in [9.17, 15) is 4.79 Å². The Balaban J connectivity index is 2.41. The predicted molar refractivity (Wildman–Crippen MR) is 64.1 cm³/mol. The fourth-order valence-electron chi connectivity index (χ4n) is 1.38. The summed E-state index contributed by atoms with van der Waals surface area (Å²) >= 11 is 4.85. The number of hydrogen-bond donors (Lipinski definition) is 1. The zero-order valence-corrected chi connectivity index (χ0v) is 10.3. The highest BCUT2D eigenvalue weighted by molar-refractivity contribution is 9.10. The summed E-state index contributed by atoms with van der Waals surface area (Å²) in [6.07, 6.45) is 1.22. The SMILES string of the molecule is CN1C(=CC(=O)O)Sc2cc(Br)ccc21. The van der Waals surface area contributed by atoms with E-state index in [1.54, 1.807) is 0 Å². The molecule has 0 aliphatic carbocycles. The molecule has 1 aromatic carbocycles. The summed E-state index contributed by atoms with van der Waals surface area (Å²) in [6.45, 7) is 0. The molecule has 0 amide bonds. The number of halogens is 1. The summed E-state index contributed by atoms with van der Waals surface area (Å²) in [6, 6.07) is 5.90. The number of benzene rings is 1. The van der Waals surface area contributed by atoms with E-state index >= 15 is 0 Å². The molecule has 15 heavy (non-hydrogen) atoms. The molecule has 1 aromatic rings. The Bertz CT molecular complexity index is 459. The number of fused-ring (bicyclic) bond motifs is 1. The van der Waals surface area contributed by atoms with E-state index < -0.39 is 5.97 Å². The van der Waals surface area contributed by atoms with E-state index in [1.165, 1.54) is 17.8 Å².